The number of benzene rings is 2. The maximum atomic E-state index is 13.1. The Hall–Kier alpha value is -3.72. The average Bonchev–Trinajstić information content (AvgIpc) is 2.99. The number of ether oxygens (including phenoxy) is 2. The van der Waals surface area contributed by atoms with Crippen molar-refractivity contribution >= 4 is 24.1 Å². The number of phenolic OH excluding ortho intramolecular Hbond substituents is 2. The third-order valence-electron chi connectivity index (χ3n) is 7.84. The van der Waals surface area contributed by atoms with E-state index in [4.69, 9.17) is 24.5 Å². The number of aliphatic hydroxyl groups is 4. The van der Waals surface area contributed by atoms with Gasteiger partial charge in [0.25, 0.3) is 0 Å². The quantitative estimate of drug-likeness (QED) is 0.192. The predicted octanol–water partition coefficient (Wildman–Crippen LogP) is -0.459. The van der Waals surface area contributed by atoms with Gasteiger partial charge in [0.05, 0.1) is 36.0 Å². The van der Waals surface area contributed by atoms with Gasteiger partial charge in [-0.25, -0.2) is 0 Å². The SMILES string of the molecule is C=O.CNC1CC(O)OC(C)C1O.COc1cccc2c1C(=O)c1c(O)c3c(c(O)c1C2=O)C[C@@](O)(C(=O)CO)CC3. The van der Waals surface area contributed by atoms with Crippen LogP contribution in [0.4, 0.5) is 0 Å². The largest absolute Gasteiger partial charge is 0.507 e. The third-order valence-corrected chi connectivity index (χ3v) is 7.84. The van der Waals surface area contributed by atoms with Crippen LogP contribution in [0.25, 0.3) is 0 Å². The van der Waals surface area contributed by atoms with Gasteiger partial charge in [0, 0.05) is 35.6 Å². The van der Waals surface area contributed by atoms with E-state index in [0.717, 1.165) is 0 Å². The highest BCUT2D eigenvalue weighted by Gasteiger charge is 2.45. The van der Waals surface area contributed by atoms with Gasteiger partial charge in [0.15, 0.2) is 17.9 Å². The molecule has 2 aliphatic carbocycles. The number of carbonyl (C=O) groups excluding carboxylic acids is 4. The number of aromatic hydroxyl groups is 2. The van der Waals surface area contributed by atoms with Crippen molar-refractivity contribution in [3.8, 4) is 17.2 Å². The van der Waals surface area contributed by atoms with Crippen LogP contribution >= 0.6 is 0 Å². The van der Waals surface area contributed by atoms with Crippen LogP contribution in [0.15, 0.2) is 18.2 Å². The summed E-state index contributed by atoms with van der Waals surface area (Å²) in [5.74, 6) is -2.99. The Morgan fingerprint density at radius 2 is 1.71 bits per heavy atom. The minimum absolute atomic E-state index is 0.00456. The molecule has 1 fully saturated rings. The lowest BCUT2D eigenvalue weighted by Crippen LogP contribution is -2.52. The molecule has 1 heterocycles. The number of nitrogens with one attached hydrogen (secondary N) is 1. The van der Waals surface area contributed by atoms with Gasteiger partial charge in [-0.05, 0) is 32.9 Å². The van der Waals surface area contributed by atoms with Crippen LogP contribution in [0, 0.1) is 0 Å². The molecule has 5 rings (SSSR count). The van der Waals surface area contributed by atoms with Crippen LogP contribution in [0.1, 0.15) is 62.7 Å². The molecular formula is C29H35NO12. The number of aliphatic hydroxyl groups excluding tert-OH is 3. The second kappa shape index (κ2) is 13.1. The zero-order valence-electron chi connectivity index (χ0n) is 23.4. The van der Waals surface area contributed by atoms with Gasteiger partial charge < -0.3 is 50.2 Å². The van der Waals surface area contributed by atoms with Crippen molar-refractivity contribution in [2.45, 2.75) is 62.7 Å². The van der Waals surface area contributed by atoms with E-state index in [1.165, 1.54) is 25.3 Å². The molecule has 1 aliphatic heterocycles. The molecule has 0 spiro atoms. The number of rotatable bonds is 4. The van der Waals surface area contributed by atoms with Crippen molar-refractivity contribution in [2.75, 3.05) is 20.8 Å². The highest BCUT2D eigenvalue weighted by molar-refractivity contribution is 6.31. The lowest BCUT2D eigenvalue weighted by atomic mass is 9.73. The zero-order chi connectivity index (χ0) is 31.5. The zero-order valence-corrected chi connectivity index (χ0v) is 23.4. The summed E-state index contributed by atoms with van der Waals surface area (Å²) in [5, 5.41) is 62.8. The molecule has 13 heteroatoms. The fourth-order valence-electron chi connectivity index (χ4n) is 5.56. The smallest absolute Gasteiger partial charge is 0.202 e. The van der Waals surface area contributed by atoms with E-state index in [1.54, 1.807) is 14.0 Å². The number of hydrogen-bond acceptors (Lipinski definition) is 13. The summed E-state index contributed by atoms with van der Waals surface area (Å²) in [6.45, 7) is 2.87. The summed E-state index contributed by atoms with van der Waals surface area (Å²) >= 11 is 0. The van der Waals surface area contributed by atoms with E-state index in [0.29, 0.717) is 6.42 Å². The molecule has 1 saturated heterocycles. The normalized spacial score (nSPS) is 25.9. The number of hydrogen-bond donors (Lipinski definition) is 7. The first-order valence-electron chi connectivity index (χ1n) is 13.1. The van der Waals surface area contributed by atoms with Gasteiger partial charge in [0.1, 0.15) is 36.2 Å². The summed E-state index contributed by atoms with van der Waals surface area (Å²) in [6, 6.07) is 4.41. The maximum Gasteiger partial charge on any atom is 0.202 e. The fraction of sp³-hybridized carbons (Fsp3) is 0.448. The second-order valence-corrected chi connectivity index (χ2v) is 10.2. The van der Waals surface area contributed by atoms with E-state index in [-0.39, 0.29) is 70.5 Å². The summed E-state index contributed by atoms with van der Waals surface area (Å²) in [6.07, 6.45) is -1.63. The third kappa shape index (κ3) is 5.67. The van der Waals surface area contributed by atoms with Crippen molar-refractivity contribution in [1.29, 1.82) is 0 Å². The first-order chi connectivity index (χ1) is 19.9. The van der Waals surface area contributed by atoms with Crippen LogP contribution in [0.3, 0.4) is 0 Å². The van der Waals surface area contributed by atoms with Gasteiger partial charge in [-0.1, -0.05) is 12.1 Å². The number of likely N-dealkylation sites (N-methyl/N-ethyl adjacent to an activating group) is 1. The molecule has 0 radical (unpaired) electrons. The van der Waals surface area contributed by atoms with Crippen molar-refractivity contribution in [3.05, 3.63) is 51.6 Å². The highest BCUT2D eigenvalue weighted by atomic mass is 16.6. The molecule has 3 aliphatic rings. The van der Waals surface area contributed by atoms with E-state index < -0.39 is 53.5 Å². The van der Waals surface area contributed by atoms with Gasteiger partial charge in [0.2, 0.25) is 5.78 Å². The Labute approximate surface area is 241 Å². The van der Waals surface area contributed by atoms with E-state index >= 15 is 0 Å². The number of carbonyl (C=O) groups is 4. The van der Waals surface area contributed by atoms with E-state index in [1.807, 2.05) is 6.79 Å². The Morgan fingerprint density at radius 1 is 1.10 bits per heavy atom. The minimum atomic E-state index is -1.93. The van der Waals surface area contributed by atoms with Gasteiger partial charge in [-0.3, -0.25) is 14.4 Å². The molecule has 2 aromatic carbocycles. The molecular weight excluding hydrogens is 554 g/mol. The van der Waals surface area contributed by atoms with Gasteiger partial charge in [-0.2, -0.15) is 0 Å². The standard InChI is InChI=1S/C21H18O8.C7H15NO3.CH2O/c1-29-12-4-2-3-10-14(12)20(27)16-15(18(10)25)19(26)11-7-21(28,13(23)8-22)6-5-9(11)17(16)24;1-4-7(10)5(8-2)3-6(9)11-4;1-2/h2-4,22,24,26,28H,5-8H2,1H3;4-10H,3H2,1-2H3;1H2/t21-;;/m1../s1. The maximum absolute atomic E-state index is 13.1. The Balaban J connectivity index is 0.000000313. The lowest BCUT2D eigenvalue weighted by Gasteiger charge is -2.35. The average molecular weight is 590 g/mol. The number of Topliss-reactive ketones (excluding diaryl/α,β-unsaturated/α-hetero) is 1. The molecule has 0 amide bonds. The van der Waals surface area contributed by atoms with Crippen LogP contribution in [-0.4, -0.2) is 106 Å². The van der Waals surface area contributed by atoms with E-state index in [2.05, 4.69) is 5.32 Å². The van der Waals surface area contributed by atoms with Crippen LogP contribution < -0.4 is 10.1 Å². The van der Waals surface area contributed by atoms with Crippen molar-refractivity contribution in [1.82, 2.24) is 5.32 Å². The molecule has 5 atom stereocenters. The summed E-state index contributed by atoms with van der Waals surface area (Å²) < 4.78 is 10.2. The molecule has 0 saturated carbocycles. The lowest BCUT2D eigenvalue weighted by molar-refractivity contribution is -0.201. The molecule has 42 heavy (non-hydrogen) atoms. The Morgan fingerprint density at radius 3 is 2.31 bits per heavy atom. The first kappa shape index (κ1) is 32.8. The van der Waals surface area contributed by atoms with Crippen molar-refractivity contribution < 1.29 is 59.3 Å². The Kier molecular flexibility index (Phi) is 10.2. The molecule has 2 aromatic rings. The number of fused-ring (bicyclic) bond motifs is 3. The number of methoxy groups -OCH3 is 1. The Bertz CT molecular complexity index is 1380. The molecule has 7 N–H and O–H groups in total. The minimum Gasteiger partial charge on any atom is -0.507 e. The van der Waals surface area contributed by atoms with Crippen LogP contribution in [0.2, 0.25) is 0 Å². The second-order valence-electron chi connectivity index (χ2n) is 10.2. The van der Waals surface area contributed by atoms with Gasteiger partial charge in [-0.15, -0.1) is 0 Å². The van der Waals surface area contributed by atoms with Crippen molar-refractivity contribution in [2.24, 2.45) is 0 Å². The monoisotopic (exact) mass is 589 g/mol. The topological polar surface area (TPSA) is 220 Å². The molecule has 228 valence electrons. The summed E-state index contributed by atoms with van der Waals surface area (Å²) in [5.41, 5.74) is -2.38. The first-order valence-corrected chi connectivity index (χ1v) is 13.1. The molecule has 4 unspecified atom stereocenters. The van der Waals surface area contributed by atoms with E-state index in [9.17, 15) is 34.8 Å². The van der Waals surface area contributed by atoms with Crippen LogP contribution in [-0.2, 0) is 27.2 Å². The van der Waals surface area contributed by atoms with Gasteiger partial charge >= 0.3 is 0 Å². The summed E-state index contributed by atoms with van der Waals surface area (Å²) in [7, 11) is 3.12. The highest BCUT2D eigenvalue weighted by Crippen LogP contribution is 2.48. The molecule has 0 bridgehead atoms. The molecule has 13 nitrogen and oxygen atoms in total. The van der Waals surface area contributed by atoms with Crippen molar-refractivity contribution in [3.63, 3.8) is 0 Å². The fourth-order valence-corrected chi connectivity index (χ4v) is 5.56. The molecule has 0 aromatic heterocycles. The number of phenols is 2. The number of ketones is 3. The summed E-state index contributed by atoms with van der Waals surface area (Å²) in [4.78, 5) is 46.2. The van der Waals surface area contributed by atoms with Crippen LogP contribution in [0.5, 0.6) is 17.2 Å². The predicted molar refractivity (Wildman–Crippen MR) is 146 cm³/mol.